The number of aromatic nitrogens is 4. The van der Waals surface area contributed by atoms with Crippen molar-refractivity contribution in [2.24, 2.45) is 5.92 Å². The molecule has 5 nitrogen and oxygen atoms in total. The van der Waals surface area contributed by atoms with E-state index in [2.05, 4.69) is 52.2 Å². The maximum Gasteiger partial charge on any atom is 0.182 e. The van der Waals surface area contributed by atoms with Crippen molar-refractivity contribution in [3.8, 4) is 11.4 Å². The Kier molecular flexibility index (Phi) is 4.19. The van der Waals surface area contributed by atoms with Crippen molar-refractivity contribution >= 4 is 21.6 Å². The molecule has 102 valence electrons. The summed E-state index contributed by atoms with van der Waals surface area (Å²) < 4.78 is 2.79. The molecule has 0 saturated carbocycles. The second-order valence-corrected chi connectivity index (χ2v) is 5.76. The number of hydrogen-bond donors (Lipinski definition) is 1. The Morgan fingerprint density at radius 2 is 2.05 bits per heavy atom. The first-order valence-corrected chi connectivity index (χ1v) is 7.16. The molecule has 2 N–H and O–H groups in total. The van der Waals surface area contributed by atoms with Crippen molar-refractivity contribution in [2.75, 3.05) is 5.73 Å². The van der Waals surface area contributed by atoms with Gasteiger partial charge in [0.25, 0.3) is 0 Å². The molecule has 19 heavy (non-hydrogen) atoms. The summed E-state index contributed by atoms with van der Waals surface area (Å²) in [5, 5.41) is 12.1. The quantitative estimate of drug-likeness (QED) is 0.876. The third-order valence-electron chi connectivity index (χ3n) is 3.52. The highest BCUT2D eigenvalue weighted by Gasteiger charge is 2.19. The lowest BCUT2D eigenvalue weighted by atomic mass is 10.0. The molecule has 0 aliphatic rings. The Morgan fingerprint density at radius 1 is 1.32 bits per heavy atom. The standard InChI is InChI=1S/C13H18BrN5/c1-4-8(2)9(3)19-13(16-17-18-19)10-5-11(14)7-12(15)6-10/h5-9H,4,15H2,1-3H3. The Hall–Kier alpha value is -1.43. The minimum Gasteiger partial charge on any atom is -0.399 e. The van der Waals surface area contributed by atoms with Gasteiger partial charge in [-0.25, -0.2) is 4.68 Å². The van der Waals surface area contributed by atoms with Crippen LogP contribution in [0.5, 0.6) is 0 Å². The number of benzene rings is 1. The molecule has 0 bridgehead atoms. The normalized spacial score (nSPS) is 14.3. The lowest BCUT2D eigenvalue weighted by Gasteiger charge is -2.19. The van der Waals surface area contributed by atoms with Crippen molar-refractivity contribution in [3.63, 3.8) is 0 Å². The fourth-order valence-electron chi connectivity index (χ4n) is 1.98. The van der Waals surface area contributed by atoms with Gasteiger partial charge in [-0.3, -0.25) is 0 Å². The van der Waals surface area contributed by atoms with Gasteiger partial charge in [-0.05, 0) is 41.5 Å². The Balaban J connectivity index is 2.44. The second kappa shape index (κ2) is 5.69. The molecular weight excluding hydrogens is 306 g/mol. The smallest absolute Gasteiger partial charge is 0.182 e. The van der Waals surface area contributed by atoms with Crippen LogP contribution in [0.2, 0.25) is 0 Å². The molecule has 0 aliphatic heterocycles. The molecule has 1 aromatic carbocycles. The van der Waals surface area contributed by atoms with E-state index in [1.807, 2.05) is 22.9 Å². The summed E-state index contributed by atoms with van der Waals surface area (Å²) in [6.45, 7) is 6.50. The van der Waals surface area contributed by atoms with Crippen LogP contribution in [-0.2, 0) is 0 Å². The Morgan fingerprint density at radius 3 is 2.68 bits per heavy atom. The number of nitrogens with zero attached hydrogens (tertiary/aromatic N) is 4. The third-order valence-corrected chi connectivity index (χ3v) is 3.98. The van der Waals surface area contributed by atoms with Gasteiger partial charge in [0.05, 0.1) is 6.04 Å². The van der Waals surface area contributed by atoms with Crippen LogP contribution in [0.3, 0.4) is 0 Å². The molecular formula is C13H18BrN5. The molecule has 0 aliphatic carbocycles. The summed E-state index contributed by atoms with van der Waals surface area (Å²) in [5.74, 6) is 1.26. The zero-order valence-corrected chi connectivity index (χ0v) is 12.9. The summed E-state index contributed by atoms with van der Waals surface area (Å²) in [4.78, 5) is 0. The van der Waals surface area contributed by atoms with Crippen molar-refractivity contribution < 1.29 is 0 Å². The highest BCUT2D eigenvalue weighted by atomic mass is 79.9. The summed E-state index contributed by atoms with van der Waals surface area (Å²) in [6.07, 6.45) is 1.08. The van der Waals surface area contributed by atoms with Crippen LogP contribution in [-0.4, -0.2) is 20.2 Å². The minimum absolute atomic E-state index is 0.246. The summed E-state index contributed by atoms with van der Waals surface area (Å²) >= 11 is 3.44. The monoisotopic (exact) mass is 323 g/mol. The number of nitrogens with two attached hydrogens (primary N) is 1. The molecule has 0 amide bonds. The zero-order chi connectivity index (χ0) is 14.0. The Labute approximate surface area is 121 Å². The number of nitrogen functional groups attached to an aromatic ring is 1. The van der Waals surface area contributed by atoms with Gasteiger partial charge in [0.1, 0.15) is 0 Å². The highest BCUT2D eigenvalue weighted by molar-refractivity contribution is 9.10. The predicted octanol–water partition coefficient (Wildman–Crippen LogP) is 3.29. The maximum atomic E-state index is 5.87. The van der Waals surface area contributed by atoms with Gasteiger partial charge in [0.15, 0.2) is 5.82 Å². The van der Waals surface area contributed by atoms with E-state index in [0.717, 1.165) is 22.3 Å². The first-order valence-electron chi connectivity index (χ1n) is 6.37. The van der Waals surface area contributed by atoms with Crippen molar-refractivity contribution in [1.82, 2.24) is 20.2 Å². The summed E-state index contributed by atoms with van der Waals surface area (Å²) in [7, 11) is 0. The molecule has 2 unspecified atom stereocenters. The fourth-order valence-corrected chi connectivity index (χ4v) is 2.49. The van der Waals surface area contributed by atoms with Gasteiger partial charge in [-0.1, -0.05) is 36.2 Å². The molecule has 1 aromatic heterocycles. The van der Waals surface area contributed by atoms with Crippen molar-refractivity contribution in [1.29, 1.82) is 0 Å². The van der Waals surface area contributed by atoms with E-state index < -0.39 is 0 Å². The van der Waals surface area contributed by atoms with Crippen LogP contribution >= 0.6 is 15.9 Å². The largest absolute Gasteiger partial charge is 0.399 e. The second-order valence-electron chi connectivity index (χ2n) is 4.85. The maximum absolute atomic E-state index is 5.87. The average Bonchev–Trinajstić information content (AvgIpc) is 2.84. The summed E-state index contributed by atoms with van der Waals surface area (Å²) in [5.41, 5.74) is 7.48. The number of halogens is 1. The molecule has 0 fully saturated rings. The Bertz CT molecular complexity index is 546. The van der Waals surface area contributed by atoms with Crippen LogP contribution in [0.15, 0.2) is 22.7 Å². The lowest BCUT2D eigenvalue weighted by Crippen LogP contribution is -2.16. The number of anilines is 1. The third kappa shape index (κ3) is 2.94. The molecule has 0 saturated heterocycles. The van der Waals surface area contributed by atoms with Crippen LogP contribution < -0.4 is 5.73 Å². The highest BCUT2D eigenvalue weighted by Crippen LogP contribution is 2.28. The predicted molar refractivity (Wildman–Crippen MR) is 79.5 cm³/mol. The van der Waals surface area contributed by atoms with E-state index in [0.29, 0.717) is 11.6 Å². The average molecular weight is 324 g/mol. The number of rotatable bonds is 4. The van der Waals surface area contributed by atoms with Gasteiger partial charge in [-0.2, -0.15) is 0 Å². The molecule has 2 rings (SSSR count). The first-order chi connectivity index (χ1) is 9.02. The first kappa shape index (κ1) is 14.0. The van der Waals surface area contributed by atoms with E-state index in [1.165, 1.54) is 0 Å². The van der Waals surface area contributed by atoms with Crippen LogP contribution in [0.4, 0.5) is 5.69 Å². The topological polar surface area (TPSA) is 69.6 Å². The molecule has 0 radical (unpaired) electrons. The van der Waals surface area contributed by atoms with Crippen molar-refractivity contribution in [2.45, 2.75) is 33.2 Å². The van der Waals surface area contributed by atoms with Crippen LogP contribution in [0.25, 0.3) is 11.4 Å². The van der Waals surface area contributed by atoms with E-state index in [1.54, 1.807) is 0 Å². The van der Waals surface area contributed by atoms with Gasteiger partial charge in [-0.15, -0.1) is 5.10 Å². The van der Waals surface area contributed by atoms with Crippen molar-refractivity contribution in [3.05, 3.63) is 22.7 Å². The number of tetrazole rings is 1. The minimum atomic E-state index is 0.246. The molecule has 2 aromatic rings. The zero-order valence-electron chi connectivity index (χ0n) is 11.3. The van der Waals surface area contributed by atoms with E-state index in [-0.39, 0.29) is 6.04 Å². The van der Waals surface area contributed by atoms with Gasteiger partial charge < -0.3 is 5.73 Å². The molecule has 0 spiro atoms. The molecule has 2 atom stereocenters. The van der Waals surface area contributed by atoms with E-state index in [9.17, 15) is 0 Å². The van der Waals surface area contributed by atoms with Crippen LogP contribution in [0.1, 0.15) is 33.2 Å². The lowest BCUT2D eigenvalue weighted by molar-refractivity contribution is 0.340. The SMILES string of the molecule is CCC(C)C(C)n1nnnc1-c1cc(N)cc(Br)c1. The van der Waals surface area contributed by atoms with Gasteiger partial charge in [0, 0.05) is 15.7 Å². The summed E-state index contributed by atoms with van der Waals surface area (Å²) in [6, 6.07) is 5.96. The van der Waals surface area contributed by atoms with E-state index in [4.69, 9.17) is 5.73 Å². The molecule has 1 heterocycles. The van der Waals surface area contributed by atoms with Gasteiger partial charge >= 0.3 is 0 Å². The van der Waals surface area contributed by atoms with E-state index >= 15 is 0 Å². The van der Waals surface area contributed by atoms with Crippen LogP contribution in [0, 0.1) is 5.92 Å². The van der Waals surface area contributed by atoms with Gasteiger partial charge in [0.2, 0.25) is 0 Å². The fraction of sp³-hybridized carbons (Fsp3) is 0.462. The molecule has 6 heteroatoms. The number of hydrogen-bond acceptors (Lipinski definition) is 4.